The van der Waals surface area contributed by atoms with E-state index in [1.165, 1.54) is 0 Å². The molecule has 1 amide bonds. The van der Waals surface area contributed by atoms with Crippen molar-refractivity contribution in [1.29, 1.82) is 0 Å². The highest BCUT2D eigenvalue weighted by Crippen LogP contribution is 2.40. The minimum Gasteiger partial charge on any atom is -0.375 e. The van der Waals surface area contributed by atoms with Crippen LogP contribution in [0.3, 0.4) is 0 Å². The summed E-state index contributed by atoms with van der Waals surface area (Å²) in [6.07, 6.45) is 6.01. The fourth-order valence-electron chi connectivity index (χ4n) is 2.86. The summed E-state index contributed by atoms with van der Waals surface area (Å²) >= 11 is 5.95. The lowest BCUT2D eigenvalue weighted by Gasteiger charge is -2.17. The topological polar surface area (TPSA) is 51.2 Å². The standard InChI is InChI=1S/C13H15ClN2O2/c14-10-2-1-5-15-13(10)16-12(17)7-8-6-9-3-4-11(8)18-9/h1-2,5,8-9,11H,3-4,6-7H2,(H,15,16,17). The minimum absolute atomic E-state index is 0.0308. The van der Waals surface area contributed by atoms with Gasteiger partial charge >= 0.3 is 0 Å². The SMILES string of the molecule is O=C(CC1CC2CCC1O2)Nc1ncccc1Cl. The van der Waals surface area contributed by atoms with Gasteiger partial charge in [0.1, 0.15) is 0 Å². The van der Waals surface area contributed by atoms with Crippen molar-refractivity contribution in [1.82, 2.24) is 4.98 Å². The molecule has 5 heteroatoms. The van der Waals surface area contributed by atoms with Crippen LogP contribution in [-0.4, -0.2) is 23.1 Å². The molecular weight excluding hydrogens is 252 g/mol. The van der Waals surface area contributed by atoms with Crippen molar-refractivity contribution in [2.75, 3.05) is 5.32 Å². The Labute approximate surface area is 111 Å². The Hall–Kier alpha value is -1.13. The van der Waals surface area contributed by atoms with Crippen LogP contribution in [0.4, 0.5) is 5.82 Å². The molecule has 2 saturated heterocycles. The van der Waals surface area contributed by atoms with Crippen LogP contribution in [0.25, 0.3) is 0 Å². The van der Waals surface area contributed by atoms with Gasteiger partial charge in [-0.25, -0.2) is 4.98 Å². The van der Waals surface area contributed by atoms with E-state index in [1.54, 1.807) is 18.3 Å². The lowest BCUT2D eigenvalue weighted by atomic mass is 9.87. The van der Waals surface area contributed by atoms with E-state index in [1.807, 2.05) is 0 Å². The normalized spacial score (nSPS) is 29.5. The molecular formula is C13H15ClN2O2. The van der Waals surface area contributed by atoms with Gasteiger partial charge in [0.2, 0.25) is 5.91 Å². The third-order valence-corrected chi connectivity index (χ3v) is 4.00. The van der Waals surface area contributed by atoms with E-state index in [9.17, 15) is 4.79 Å². The van der Waals surface area contributed by atoms with Gasteiger partial charge in [0.25, 0.3) is 0 Å². The second-order valence-corrected chi connectivity index (χ2v) is 5.36. The molecule has 4 nitrogen and oxygen atoms in total. The number of hydrogen-bond acceptors (Lipinski definition) is 3. The number of amides is 1. The molecule has 18 heavy (non-hydrogen) atoms. The van der Waals surface area contributed by atoms with Gasteiger partial charge in [-0.1, -0.05) is 11.6 Å². The van der Waals surface area contributed by atoms with Gasteiger partial charge in [-0.05, 0) is 37.3 Å². The molecule has 0 aliphatic carbocycles. The lowest BCUT2D eigenvalue weighted by Crippen LogP contribution is -2.23. The van der Waals surface area contributed by atoms with Crippen molar-refractivity contribution in [3.63, 3.8) is 0 Å². The second kappa shape index (κ2) is 4.86. The summed E-state index contributed by atoms with van der Waals surface area (Å²) < 4.78 is 5.74. The summed E-state index contributed by atoms with van der Waals surface area (Å²) in [5.41, 5.74) is 0. The van der Waals surface area contributed by atoms with E-state index in [4.69, 9.17) is 16.3 Å². The van der Waals surface area contributed by atoms with Crippen LogP contribution in [0.15, 0.2) is 18.3 Å². The fourth-order valence-corrected chi connectivity index (χ4v) is 3.03. The van der Waals surface area contributed by atoms with Crippen LogP contribution in [0.5, 0.6) is 0 Å². The van der Waals surface area contributed by atoms with Crippen LogP contribution in [-0.2, 0) is 9.53 Å². The Morgan fingerprint density at radius 1 is 1.56 bits per heavy atom. The number of carbonyl (C=O) groups excluding carboxylic acids is 1. The summed E-state index contributed by atoms with van der Waals surface area (Å²) in [6, 6.07) is 3.45. The van der Waals surface area contributed by atoms with Gasteiger partial charge in [0.15, 0.2) is 5.82 Å². The number of halogens is 1. The van der Waals surface area contributed by atoms with Crippen LogP contribution in [0.1, 0.15) is 25.7 Å². The molecule has 2 aliphatic rings. The summed E-state index contributed by atoms with van der Waals surface area (Å²) in [5.74, 6) is 0.760. The number of pyridine rings is 1. The number of nitrogens with one attached hydrogen (secondary N) is 1. The Bertz CT molecular complexity index is 466. The van der Waals surface area contributed by atoms with E-state index in [2.05, 4.69) is 10.3 Å². The van der Waals surface area contributed by atoms with Crippen molar-refractivity contribution in [3.8, 4) is 0 Å². The Kier molecular flexibility index (Phi) is 3.22. The third-order valence-electron chi connectivity index (χ3n) is 3.70. The number of nitrogens with zero attached hydrogens (tertiary/aromatic N) is 1. The van der Waals surface area contributed by atoms with E-state index >= 15 is 0 Å². The minimum atomic E-state index is -0.0308. The average Bonchev–Trinajstić information content (AvgIpc) is 2.94. The van der Waals surface area contributed by atoms with Crippen molar-refractivity contribution >= 4 is 23.3 Å². The molecule has 1 aromatic heterocycles. The third kappa shape index (κ3) is 2.35. The fraction of sp³-hybridized carbons (Fsp3) is 0.538. The van der Waals surface area contributed by atoms with Gasteiger partial charge in [0, 0.05) is 12.6 Å². The zero-order valence-electron chi connectivity index (χ0n) is 9.93. The van der Waals surface area contributed by atoms with Gasteiger partial charge in [-0.3, -0.25) is 4.79 Å². The predicted molar refractivity (Wildman–Crippen MR) is 68.5 cm³/mol. The zero-order chi connectivity index (χ0) is 12.5. The highest BCUT2D eigenvalue weighted by atomic mass is 35.5. The molecule has 3 heterocycles. The molecule has 0 radical (unpaired) electrons. The first-order valence-electron chi connectivity index (χ1n) is 6.28. The maximum Gasteiger partial charge on any atom is 0.225 e. The molecule has 2 aliphatic heterocycles. The summed E-state index contributed by atoms with van der Waals surface area (Å²) in [4.78, 5) is 16.0. The maximum absolute atomic E-state index is 11.9. The summed E-state index contributed by atoms with van der Waals surface area (Å²) in [7, 11) is 0. The van der Waals surface area contributed by atoms with E-state index in [0.29, 0.717) is 29.3 Å². The van der Waals surface area contributed by atoms with E-state index in [-0.39, 0.29) is 12.0 Å². The monoisotopic (exact) mass is 266 g/mol. The highest BCUT2D eigenvalue weighted by Gasteiger charge is 2.41. The summed E-state index contributed by atoms with van der Waals surface area (Å²) in [6.45, 7) is 0. The van der Waals surface area contributed by atoms with Crippen molar-refractivity contribution in [2.24, 2.45) is 5.92 Å². The van der Waals surface area contributed by atoms with Crippen molar-refractivity contribution < 1.29 is 9.53 Å². The molecule has 0 saturated carbocycles. The molecule has 3 atom stereocenters. The lowest BCUT2D eigenvalue weighted by molar-refractivity contribution is -0.117. The number of anilines is 1. The summed E-state index contributed by atoms with van der Waals surface area (Å²) in [5, 5.41) is 3.23. The molecule has 0 spiro atoms. The maximum atomic E-state index is 11.9. The van der Waals surface area contributed by atoms with Crippen molar-refractivity contribution in [3.05, 3.63) is 23.4 Å². The van der Waals surface area contributed by atoms with E-state index < -0.39 is 0 Å². The smallest absolute Gasteiger partial charge is 0.225 e. The highest BCUT2D eigenvalue weighted by molar-refractivity contribution is 6.33. The Balaban J connectivity index is 1.58. The molecule has 2 bridgehead atoms. The number of carbonyl (C=O) groups is 1. The number of rotatable bonds is 3. The molecule has 1 aromatic rings. The van der Waals surface area contributed by atoms with Crippen LogP contribution >= 0.6 is 11.6 Å². The Morgan fingerprint density at radius 2 is 2.44 bits per heavy atom. The largest absolute Gasteiger partial charge is 0.375 e. The molecule has 1 N–H and O–H groups in total. The van der Waals surface area contributed by atoms with E-state index in [0.717, 1.165) is 19.3 Å². The molecule has 96 valence electrons. The average molecular weight is 267 g/mol. The molecule has 2 fully saturated rings. The predicted octanol–water partition coefficient (Wildman–Crippen LogP) is 2.63. The van der Waals surface area contributed by atoms with Crippen LogP contribution in [0.2, 0.25) is 5.02 Å². The molecule has 3 unspecified atom stereocenters. The zero-order valence-corrected chi connectivity index (χ0v) is 10.7. The van der Waals surface area contributed by atoms with Gasteiger partial charge in [-0.15, -0.1) is 0 Å². The quantitative estimate of drug-likeness (QED) is 0.915. The van der Waals surface area contributed by atoms with Gasteiger partial charge < -0.3 is 10.1 Å². The number of fused-ring (bicyclic) bond motifs is 2. The van der Waals surface area contributed by atoms with Crippen molar-refractivity contribution in [2.45, 2.75) is 37.9 Å². The van der Waals surface area contributed by atoms with Crippen LogP contribution in [0, 0.1) is 5.92 Å². The first kappa shape index (κ1) is 11.9. The van der Waals surface area contributed by atoms with Gasteiger partial charge in [-0.2, -0.15) is 0 Å². The first-order chi connectivity index (χ1) is 8.72. The second-order valence-electron chi connectivity index (χ2n) is 4.96. The number of hydrogen-bond donors (Lipinski definition) is 1. The molecule has 3 rings (SSSR count). The first-order valence-corrected chi connectivity index (χ1v) is 6.66. The number of aromatic nitrogens is 1. The molecule has 0 aromatic carbocycles. The number of ether oxygens (including phenoxy) is 1. The van der Waals surface area contributed by atoms with Gasteiger partial charge in [0.05, 0.1) is 17.2 Å². The van der Waals surface area contributed by atoms with Crippen LogP contribution < -0.4 is 5.32 Å². The Morgan fingerprint density at radius 3 is 3.11 bits per heavy atom.